The maximum Gasteiger partial charge on any atom is 0.326 e. The SMILES string of the molecule is COCCOCCCC(=O)CC[C@H](NC(=O)CCCCCCCCCCCCC(=O)O)C(=O)O. The Balaban J connectivity index is 3.73. The summed E-state index contributed by atoms with van der Waals surface area (Å²) in [5, 5.41) is 20.5. The van der Waals surface area contributed by atoms with E-state index >= 15 is 0 Å². The third-order valence-electron chi connectivity index (χ3n) is 5.57. The summed E-state index contributed by atoms with van der Waals surface area (Å²) in [4.78, 5) is 45.9. The maximum absolute atomic E-state index is 12.1. The first kappa shape index (κ1) is 32.0. The highest BCUT2D eigenvalue weighted by Crippen LogP contribution is 2.12. The van der Waals surface area contributed by atoms with Crippen molar-refractivity contribution in [3.05, 3.63) is 0 Å². The van der Waals surface area contributed by atoms with Crippen LogP contribution in [0.4, 0.5) is 0 Å². The number of methoxy groups -OCH3 is 1. The highest BCUT2D eigenvalue weighted by atomic mass is 16.5. The Labute approximate surface area is 204 Å². The normalized spacial score (nSPS) is 11.8. The number of aliphatic carboxylic acids is 2. The Hall–Kier alpha value is -2.00. The summed E-state index contributed by atoms with van der Waals surface area (Å²) in [7, 11) is 1.59. The highest BCUT2D eigenvalue weighted by molar-refractivity contribution is 5.84. The molecule has 0 rings (SSSR count). The van der Waals surface area contributed by atoms with Gasteiger partial charge in [0.1, 0.15) is 11.8 Å². The maximum atomic E-state index is 12.1. The second-order valence-electron chi connectivity index (χ2n) is 8.67. The van der Waals surface area contributed by atoms with Crippen LogP contribution in [-0.4, -0.2) is 66.8 Å². The number of Topliss-reactive ketones (excluding diaryl/α,β-unsaturated/α-hetero) is 1. The van der Waals surface area contributed by atoms with Crippen molar-refractivity contribution in [2.24, 2.45) is 0 Å². The van der Waals surface area contributed by atoms with E-state index in [-0.39, 0.29) is 31.0 Å². The van der Waals surface area contributed by atoms with Crippen molar-refractivity contribution in [3.8, 4) is 0 Å². The molecule has 0 aromatic carbocycles. The lowest BCUT2D eigenvalue weighted by atomic mass is 10.0. The number of carboxylic acid groups (broad SMARTS) is 2. The second-order valence-corrected chi connectivity index (χ2v) is 8.67. The molecule has 0 saturated carbocycles. The lowest BCUT2D eigenvalue weighted by molar-refractivity contribution is -0.142. The van der Waals surface area contributed by atoms with E-state index in [2.05, 4.69) is 5.32 Å². The number of hydrogen-bond donors (Lipinski definition) is 3. The predicted octanol–water partition coefficient (Wildman–Crippen LogP) is 4.11. The summed E-state index contributed by atoms with van der Waals surface area (Å²) in [5.41, 5.74) is 0. The number of carbonyl (C=O) groups is 4. The molecule has 0 aromatic rings. The molecule has 3 N–H and O–H groups in total. The molecular weight excluding hydrogens is 442 g/mol. The van der Waals surface area contributed by atoms with Gasteiger partial charge in [-0.3, -0.25) is 14.4 Å². The number of hydrogen-bond acceptors (Lipinski definition) is 6. The number of rotatable bonds is 25. The van der Waals surface area contributed by atoms with Gasteiger partial charge in [0.15, 0.2) is 0 Å². The van der Waals surface area contributed by atoms with E-state index in [0.717, 1.165) is 64.2 Å². The van der Waals surface area contributed by atoms with Crippen LogP contribution in [-0.2, 0) is 28.7 Å². The standard InChI is InChI=1S/C25H45NO8/c1-33-19-20-34-18-12-13-21(27)16-17-22(25(31)32)26-23(28)14-10-8-6-4-2-3-5-7-9-11-15-24(29)30/h22H,2-20H2,1H3,(H,26,28)(H,29,30)(H,31,32)/t22-/m0/s1. The van der Waals surface area contributed by atoms with Crippen LogP contribution in [0.5, 0.6) is 0 Å². The minimum Gasteiger partial charge on any atom is -0.481 e. The van der Waals surface area contributed by atoms with Gasteiger partial charge in [-0.1, -0.05) is 51.4 Å². The summed E-state index contributed by atoms with van der Waals surface area (Å²) in [6.45, 7) is 1.45. The average Bonchev–Trinajstić information content (AvgIpc) is 2.79. The highest BCUT2D eigenvalue weighted by Gasteiger charge is 2.20. The van der Waals surface area contributed by atoms with E-state index < -0.39 is 18.0 Å². The number of carboxylic acids is 2. The molecule has 9 nitrogen and oxygen atoms in total. The van der Waals surface area contributed by atoms with Crippen molar-refractivity contribution < 1.29 is 38.9 Å². The molecule has 0 aliphatic carbocycles. The van der Waals surface area contributed by atoms with Crippen LogP contribution in [0.1, 0.15) is 103 Å². The molecule has 0 radical (unpaired) electrons. The summed E-state index contributed by atoms with van der Waals surface area (Å²) in [6.07, 6.45) is 11.7. The van der Waals surface area contributed by atoms with E-state index in [1.807, 2.05) is 0 Å². The second kappa shape index (κ2) is 22.8. The van der Waals surface area contributed by atoms with E-state index in [0.29, 0.717) is 39.1 Å². The molecule has 0 bridgehead atoms. The quantitative estimate of drug-likeness (QED) is 0.163. The van der Waals surface area contributed by atoms with Gasteiger partial charge in [0.05, 0.1) is 13.2 Å². The number of amides is 1. The molecular formula is C25H45NO8. The van der Waals surface area contributed by atoms with E-state index in [1.165, 1.54) is 0 Å². The smallest absolute Gasteiger partial charge is 0.326 e. The van der Waals surface area contributed by atoms with Gasteiger partial charge < -0.3 is 25.0 Å². The van der Waals surface area contributed by atoms with Crippen LogP contribution in [0.25, 0.3) is 0 Å². The lowest BCUT2D eigenvalue weighted by Gasteiger charge is -2.14. The summed E-state index contributed by atoms with van der Waals surface area (Å²) in [5.74, 6) is -2.16. The number of unbranched alkanes of at least 4 members (excludes halogenated alkanes) is 9. The number of ketones is 1. The third kappa shape index (κ3) is 21.8. The van der Waals surface area contributed by atoms with Crippen LogP contribution in [0.3, 0.4) is 0 Å². The first-order valence-corrected chi connectivity index (χ1v) is 12.7. The van der Waals surface area contributed by atoms with Gasteiger partial charge in [0.2, 0.25) is 5.91 Å². The monoisotopic (exact) mass is 487 g/mol. The molecule has 0 aliphatic heterocycles. The van der Waals surface area contributed by atoms with Crippen molar-refractivity contribution in [2.45, 2.75) is 109 Å². The minimum absolute atomic E-state index is 0.0314. The van der Waals surface area contributed by atoms with Gasteiger partial charge in [-0.05, 0) is 25.7 Å². The van der Waals surface area contributed by atoms with Crippen molar-refractivity contribution in [2.75, 3.05) is 26.9 Å². The Morgan fingerprint density at radius 1 is 0.676 bits per heavy atom. The Morgan fingerprint density at radius 2 is 1.24 bits per heavy atom. The van der Waals surface area contributed by atoms with Crippen molar-refractivity contribution in [1.82, 2.24) is 5.32 Å². The largest absolute Gasteiger partial charge is 0.481 e. The molecule has 0 unspecified atom stereocenters. The zero-order chi connectivity index (χ0) is 25.4. The fraction of sp³-hybridized carbons (Fsp3) is 0.840. The first-order chi connectivity index (χ1) is 16.4. The molecule has 1 atom stereocenters. The Kier molecular flexibility index (Phi) is 21.4. The number of ether oxygens (including phenoxy) is 2. The van der Waals surface area contributed by atoms with Crippen molar-refractivity contribution >= 4 is 23.6 Å². The van der Waals surface area contributed by atoms with Gasteiger partial charge in [-0.2, -0.15) is 0 Å². The molecule has 0 fully saturated rings. The minimum atomic E-state index is -1.12. The van der Waals surface area contributed by atoms with E-state index in [9.17, 15) is 24.3 Å². The Morgan fingerprint density at radius 3 is 1.76 bits per heavy atom. The molecule has 9 heteroatoms. The van der Waals surface area contributed by atoms with Gasteiger partial charge >= 0.3 is 11.9 Å². The lowest BCUT2D eigenvalue weighted by Crippen LogP contribution is -2.41. The molecule has 0 aliphatic rings. The number of nitrogens with one attached hydrogen (secondary N) is 1. The van der Waals surface area contributed by atoms with Crippen LogP contribution in [0.2, 0.25) is 0 Å². The average molecular weight is 488 g/mol. The van der Waals surface area contributed by atoms with E-state index in [1.54, 1.807) is 7.11 Å². The molecule has 0 aromatic heterocycles. The van der Waals surface area contributed by atoms with Crippen molar-refractivity contribution in [3.63, 3.8) is 0 Å². The van der Waals surface area contributed by atoms with Gasteiger partial charge in [0, 0.05) is 39.4 Å². The molecule has 198 valence electrons. The summed E-state index contributed by atoms with van der Waals surface area (Å²) < 4.78 is 10.2. The zero-order valence-corrected chi connectivity index (χ0v) is 20.9. The topological polar surface area (TPSA) is 139 Å². The summed E-state index contributed by atoms with van der Waals surface area (Å²) >= 11 is 0. The molecule has 0 saturated heterocycles. The van der Waals surface area contributed by atoms with Crippen LogP contribution < -0.4 is 5.32 Å². The first-order valence-electron chi connectivity index (χ1n) is 12.7. The van der Waals surface area contributed by atoms with Crippen LogP contribution in [0.15, 0.2) is 0 Å². The van der Waals surface area contributed by atoms with Crippen LogP contribution in [0, 0.1) is 0 Å². The van der Waals surface area contributed by atoms with E-state index in [4.69, 9.17) is 14.6 Å². The predicted molar refractivity (Wildman–Crippen MR) is 129 cm³/mol. The molecule has 0 spiro atoms. The van der Waals surface area contributed by atoms with Gasteiger partial charge in [-0.15, -0.1) is 0 Å². The van der Waals surface area contributed by atoms with Gasteiger partial charge in [0.25, 0.3) is 0 Å². The van der Waals surface area contributed by atoms with Gasteiger partial charge in [-0.25, -0.2) is 4.79 Å². The zero-order valence-electron chi connectivity index (χ0n) is 20.9. The fourth-order valence-corrected chi connectivity index (χ4v) is 3.55. The number of carbonyl (C=O) groups excluding carboxylic acids is 2. The van der Waals surface area contributed by atoms with Crippen molar-refractivity contribution in [1.29, 1.82) is 0 Å². The molecule has 1 amide bonds. The van der Waals surface area contributed by atoms with Crippen LogP contribution >= 0.6 is 0 Å². The molecule has 34 heavy (non-hydrogen) atoms. The summed E-state index contributed by atoms with van der Waals surface area (Å²) in [6, 6.07) is -1.04. The third-order valence-corrected chi connectivity index (χ3v) is 5.57. The fourth-order valence-electron chi connectivity index (χ4n) is 3.55. The molecule has 0 heterocycles. The Bertz CT molecular complexity index is 567.